The number of esters is 2. The van der Waals surface area contributed by atoms with Gasteiger partial charge in [0.15, 0.2) is 21.2 Å². The molecule has 0 spiro atoms. The van der Waals surface area contributed by atoms with Crippen molar-refractivity contribution in [3.05, 3.63) is 33.9 Å². The Bertz CT molecular complexity index is 1020. The van der Waals surface area contributed by atoms with Crippen molar-refractivity contribution in [1.82, 2.24) is 0 Å². The zero-order chi connectivity index (χ0) is 20.4. The Morgan fingerprint density at radius 2 is 1.59 bits per heavy atom. The van der Waals surface area contributed by atoms with Gasteiger partial charge in [-0.05, 0) is 41.9 Å². The minimum absolute atomic E-state index is 0.0262. The topological polar surface area (TPSA) is 116 Å². The van der Waals surface area contributed by atoms with Gasteiger partial charge in [-0.25, -0.2) is 18.0 Å². The summed E-state index contributed by atoms with van der Waals surface area (Å²) in [6.07, 6.45) is 1.09. The molecule has 10 heteroatoms. The molecule has 0 aliphatic carbocycles. The van der Waals surface area contributed by atoms with Crippen molar-refractivity contribution >= 4 is 49.2 Å². The Kier molecular flexibility index (Phi) is 4.27. The number of cyclic esters (lactones) is 2. The summed E-state index contributed by atoms with van der Waals surface area (Å²) in [5.41, 5.74) is -0.0349. The van der Waals surface area contributed by atoms with Gasteiger partial charge in [0.25, 0.3) is 5.79 Å². The summed E-state index contributed by atoms with van der Waals surface area (Å²) in [6, 6.07) is 2.74. The largest absolute Gasteiger partial charge is 0.419 e. The van der Waals surface area contributed by atoms with Crippen molar-refractivity contribution in [3.63, 3.8) is 0 Å². The minimum Gasteiger partial charge on any atom is -0.419 e. The quantitative estimate of drug-likeness (QED) is 0.408. The highest BCUT2D eigenvalue weighted by Crippen LogP contribution is 2.44. The van der Waals surface area contributed by atoms with Gasteiger partial charge >= 0.3 is 11.9 Å². The van der Waals surface area contributed by atoms with Gasteiger partial charge < -0.3 is 14.8 Å². The van der Waals surface area contributed by atoms with Crippen molar-refractivity contribution in [2.75, 3.05) is 5.32 Å². The molecule has 2 aliphatic heterocycles. The normalized spacial score (nSPS) is 22.0. The number of carbonyl (C=O) groups excluding carboxylic acids is 3. The fourth-order valence-electron chi connectivity index (χ4n) is 2.73. The molecular formula is C17H16BrNO7S. The third-order valence-corrected chi connectivity index (χ3v) is 7.60. The van der Waals surface area contributed by atoms with Crippen molar-refractivity contribution < 1.29 is 32.3 Å². The first-order valence-electron chi connectivity index (χ1n) is 7.85. The van der Waals surface area contributed by atoms with E-state index >= 15 is 0 Å². The number of ether oxygens (including phenoxy) is 2. The first kappa shape index (κ1) is 19.6. The molecule has 3 rings (SSSR count). The second-order valence-electron chi connectivity index (χ2n) is 7.02. The number of sulfone groups is 1. The molecule has 2 heterocycles. The lowest BCUT2D eigenvalue weighted by Gasteiger charge is -2.29. The van der Waals surface area contributed by atoms with Crippen LogP contribution in [0.25, 0.3) is 0 Å². The molecule has 144 valence electrons. The van der Waals surface area contributed by atoms with E-state index in [4.69, 9.17) is 9.47 Å². The molecule has 1 aromatic rings. The highest BCUT2D eigenvalue weighted by Gasteiger charge is 2.52. The van der Waals surface area contributed by atoms with E-state index < -0.39 is 38.1 Å². The van der Waals surface area contributed by atoms with Gasteiger partial charge in [0.2, 0.25) is 0 Å². The van der Waals surface area contributed by atoms with Gasteiger partial charge in [0.05, 0.1) is 20.6 Å². The van der Waals surface area contributed by atoms with E-state index in [0.717, 1.165) is 6.20 Å². The predicted molar refractivity (Wildman–Crippen MR) is 97.7 cm³/mol. The summed E-state index contributed by atoms with van der Waals surface area (Å²) < 4.78 is 33.7. The number of hydrogen-bond donors (Lipinski definition) is 1. The minimum atomic E-state index is -3.81. The summed E-state index contributed by atoms with van der Waals surface area (Å²) in [6.45, 7) is 5.56. The average Bonchev–Trinajstić information content (AvgIpc) is 2.65. The first-order chi connectivity index (χ1) is 12.3. The van der Waals surface area contributed by atoms with E-state index in [9.17, 15) is 22.8 Å². The maximum absolute atomic E-state index is 12.6. The lowest BCUT2D eigenvalue weighted by molar-refractivity contribution is -0.222. The third kappa shape index (κ3) is 2.87. The van der Waals surface area contributed by atoms with Gasteiger partial charge in [0.1, 0.15) is 4.75 Å². The fraction of sp³-hybridized carbons (Fsp3) is 0.353. The second kappa shape index (κ2) is 5.90. The van der Waals surface area contributed by atoms with Crippen molar-refractivity contribution in [3.8, 4) is 0 Å². The van der Waals surface area contributed by atoms with E-state index in [0.29, 0.717) is 5.69 Å². The number of nitrogens with one attached hydrogen (secondary N) is 1. The number of ketones is 1. The zero-order valence-corrected chi connectivity index (χ0v) is 17.3. The predicted octanol–water partition coefficient (Wildman–Crippen LogP) is 2.33. The summed E-state index contributed by atoms with van der Waals surface area (Å²) in [4.78, 5) is 36.4. The van der Waals surface area contributed by atoms with Crippen LogP contribution in [0.1, 0.15) is 38.1 Å². The van der Waals surface area contributed by atoms with Gasteiger partial charge in [-0.2, -0.15) is 0 Å². The maximum Gasteiger partial charge on any atom is 0.350 e. The van der Waals surface area contributed by atoms with Crippen LogP contribution in [0.3, 0.4) is 0 Å². The highest BCUT2D eigenvalue weighted by molar-refractivity contribution is 9.10. The third-order valence-electron chi connectivity index (χ3n) is 4.33. The standard InChI is InChI=1S/C17H16BrNO7S/c1-16(2)13(20)11-10(27(16,23)24)6-5-9(12(11)18)19-7-8-14(21)25-17(3,4)26-15(8)22/h5-7,19H,1-4H3. The van der Waals surface area contributed by atoms with Crippen LogP contribution in [-0.4, -0.2) is 36.7 Å². The fourth-order valence-corrected chi connectivity index (χ4v) is 5.11. The van der Waals surface area contributed by atoms with Crippen LogP contribution < -0.4 is 5.32 Å². The molecule has 1 saturated heterocycles. The number of fused-ring (bicyclic) bond motifs is 1. The van der Waals surface area contributed by atoms with Gasteiger partial charge in [-0.3, -0.25) is 4.79 Å². The van der Waals surface area contributed by atoms with Crippen LogP contribution in [0.15, 0.2) is 33.3 Å². The van der Waals surface area contributed by atoms with Gasteiger partial charge in [0, 0.05) is 20.0 Å². The number of rotatable bonds is 2. The van der Waals surface area contributed by atoms with E-state index in [1.165, 1.54) is 39.8 Å². The molecule has 0 radical (unpaired) electrons. The highest BCUT2D eigenvalue weighted by atomic mass is 79.9. The molecule has 8 nitrogen and oxygen atoms in total. The smallest absolute Gasteiger partial charge is 0.350 e. The van der Waals surface area contributed by atoms with Crippen LogP contribution in [-0.2, 0) is 28.9 Å². The number of halogens is 1. The van der Waals surface area contributed by atoms with Crippen LogP contribution in [0.2, 0.25) is 0 Å². The molecule has 0 bridgehead atoms. The number of benzene rings is 1. The van der Waals surface area contributed by atoms with Gasteiger partial charge in [-0.1, -0.05) is 0 Å². The molecule has 2 aliphatic rings. The molecule has 0 atom stereocenters. The Morgan fingerprint density at radius 1 is 1.04 bits per heavy atom. The van der Waals surface area contributed by atoms with Gasteiger partial charge in [-0.15, -0.1) is 0 Å². The maximum atomic E-state index is 12.6. The van der Waals surface area contributed by atoms with Crippen molar-refractivity contribution in [2.45, 2.75) is 43.1 Å². The van der Waals surface area contributed by atoms with Crippen LogP contribution in [0, 0.1) is 0 Å². The molecule has 0 aromatic heterocycles. The molecule has 27 heavy (non-hydrogen) atoms. The number of carbonyl (C=O) groups is 3. The monoisotopic (exact) mass is 457 g/mol. The van der Waals surface area contributed by atoms with E-state index in [1.807, 2.05) is 0 Å². The summed E-state index contributed by atoms with van der Waals surface area (Å²) in [7, 11) is -3.81. The van der Waals surface area contributed by atoms with E-state index in [-0.39, 0.29) is 20.5 Å². The van der Waals surface area contributed by atoms with E-state index in [1.54, 1.807) is 0 Å². The summed E-state index contributed by atoms with van der Waals surface area (Å²) in [5, 5.41) is 2.72. The van der Waals surface area contributed by atoms with Crippen LogP contribution in [0.5, 0.6) is 0 Å². The molecule has 0 unspecified atom stereocenters. The molecule has 0 saturated carbocycles. The van der Waals surface area contributed by atoms with Crippen molar-refractivity contribution in [2.24, 2.45) is 0 Å². The van der Waals surface area contributed by atoms with Crippen LogP contribution in [0.4, 0.5) is 5.69 Å². The Hall–Kier alpha value is -2.20. The first-order valence-corrected chi connectivity index (χ1v) is 10.1. The Labute approximate surface area is 163 Å². The molecule has 1 aromatic carbocycles. The van der Waals surface area contributed by atoms with Crippen molar-refractivity contribution in [1.29, 1.82) is 0 Å². The summed E-state index contributed by atoms with van der Waals surface area (Å²) in [5.74, 6) is -3.62. The zero-order valence-electron chi connectivity index (χ0n) is 14.9. The second-order valence-corrected chi connectivity index (χ2v) is 10.3. The molecule has 1 fully saturated rings. The van der Waals surface area contributed by atoms with Crippen LogP contribution >= 0.6 is 15.9 Å². The molecule has 0 amide bonds. The summed E-state index contributed by atoms with van der Waals surface area (Å²) >= 11 is 3.24. The lowest BCUT2D eigenvalue weighted by Crippen LogP contribution is -2.42. The Morgan fingerprint density at radius 3 is 2.15 bits per heavy atom. The van der Waals surface area contributed by atoms with E-state index in [2.05, 4.69) is 21.2 Å². The molecular weight excluding hydrogens is 442 g/mol. The lowest BCUT2D eigenvalue weighted by atomic mass is 10.0. The average molecular weight is 458 g/mol. The number of Topliss-reactive ketones (excluding diaryl/α,β-unsaturated/α-hetero) is 1. The molecule has 1 N–H and O–H groups in total. The SMILES string of the molecule is CC1(C)OC(=O)C(=CNc2ccc3c(c2Br)C(=O)C(C)(C)S3(=O)=O)C(=O)O1. The number of hydrogen-bond acceptors (Lipinski definition) is 8. The Balaban J connectivity index is 1.99. The number of anilines is 1.